The van der Waals surface area contributed by atoms with E-state index in [0.717, 1.165) is 28.6 Å². The highest BCUT2D eigenvalue weighted by molar-refractivity contribution is 6.31. The molecule has 0 bridgehead atoms. The van der Waals surface area contributed by atoms with Crippen LogP contribution in [-0.4, -0.2) is 27.3 Å². The van der Waals surface area contributed by atoms with E-state index >= 15 is 0 Å². The smallest absolute Gasteiger partial charge is 0.251 e. The minimum absolute atomic E-state index is 0.0335. The molecule has 2 saturated carbocycles. The van der Waals surface area contributed by atoms with Gasteiger partial charge in [-0.15, -0.1) is 0 Å². The highest BCUT2D eigenvalue weighted by atomic mass is 35.5. The number of halogens is 3. The number of aromatic nitrogens is 2. The van der Waals surface area contributed by atoms with Crippen LogP contribution in [0.25, 0.3) is 10.9 Å². The molecule has 4 atom stereocenters. The van der Waals surface area contributed by atoms with Gasteiger partial charge >= 0.3 is 0 Å². The number of nitrogens with zero attached hydrogens (tertiary/aromatic N) is 1. The highest BCUT2D eigenvalue weighted by Crippen LogP contribution is 2.60. The van der Waals surface area contributed by atoms with E-state index in [9.17, 15) is 14.3 Å². The number of carbonyl (C=O) groups is 1. The first-order valence-electron chi connectivity index (χ1n) is 8.96. The Bertz CT molecular complexity index is 1080. The second kappa shape index (κ2) is 6.17. The van der Waals surface area contributed by atoms with Gasteiger partial charge in [-0.05, 0) is 60.6 Å². The molecule has 0 spiro atoms. The van der Waals surface area contributed by atoms with E-state index in [1.54, 1.807) is 18.3 Å². The molecular formula is C20H16Cl2FN3O2. The summed E-state index contributed by atoms with van der Waals surface area (Å²) in [5.41, 5.74) is 0.730. The van der Waals surface area contributed by atoms with Gasteiger partial charge in [-0.1, -0.05) is 23.2 Å². The Morgan fingerprint density at radius 1 is 1.18 bits per heavy atom. The summed E-state index contributed by atoms with van der Waals surface area (Å²) in [4.78, 5) is 12.4. The van der Waals surface area contributed by atoms with Crippen molar-refractivity contribution >= 4 is 40.0 Å². The van der Waals surface area contributed by atoms with Crippen molar-refractivity contribution in [2.24, 2.45) is 11.8 Å². The lowest BCUT2D eigenvalue weighted by Crippen LogP contribution is -2.33. The van der Waals surface area contributed by atoms with Gasteiger partial charge in [0.25, 0.3) is 5.91 Å². The summed E-state index contributed by atoms with van der Waals surface area (Å²) < 4.78 is 13.5. The minimum atomic E-state index is -1.01. The van der Waals surface area contributed by atoms with Crippen molar-refractivity contribution in [3.63, 3.8) is 0 Å². The molecule has 0 radical (unpaired) electrons. The topological polar surface area (TPSA) is 78.0 Å². The van der Waals surface area contributed by atoms with Gasteiger partial charge in [-0.25, -0.2) is 4.39 Å². The molecule has 2 aromatic carbocycles. The monoisotopic (exact) mass is 419 g/mol. The van der Waals surface area contributed by atoms with Gasteiger partial charge in [0.1, 0.15) is 5.82 Å². The Labute approximate surface area is 169 Å². The molecule has 1 aromatic heterocycles. The molecule has 3 N–H and O–H groups in total. The zero-order valence-electron chi connectivity index (χ0n) is 14.5. The second-order valence-corrected chi connectivity index (χ2v) is 8.58. The summed E-state index contributed by atoms with van der Waals surface area (Å²) >= 11 is 12.0. The van der Waals surface area contributed by atoms with E-state index in [1.807, 2.05) is 0 Å². The molecule has 3 aromatic rings. The van der Waals surface area contributed by atoms with Crippen molar-refractivity contribution in [2.75, 3.05) is 0 Å². The fraction of sp³-hybridized carbons (Fsp3) is 0.300. The first kappa shape index (κ1) is 17.9. The van der Waals surface area contributed by atoms with Crippen molar-refractivity contribution in [1.82, 2.24) is 15.5 Å². The van der Waals surface area contributed by atoms with E-state index in [-0.39, 0.29) is 34.4 Å². The number of nitrogens with one attached hydrogen (secondary N) is 2. The number of hydrogen-bond donors (Lipinski definition) is 3. The molecule has 1 amide bonds. The quantitative estimate of drug-likeness (QED) is 0.599. The van der Waals surface area contributed by atoms with E-state index in [0.29, 0.717) is 17.9 Å². The molecule has 2 fully saturated rings. The molecule has 2 aliphatic rings. The van der Waals surface area contributed by atoms with E-state index in [4.69, 9.17) is 23.2 Å². The molecule has 2 aliphatic carbocycles. The Morgan fingerprint density at radius 3 is 2.61 bits per heavy atom. The standard InChI is InChI=1S/C20H16Cl2FN3O2/c21-10-1-9(2-12(23)3-10)19(27)25-18-13-6-20(28,7-14(13)18)16-4-11(22)5-17-15(16)8-24-26-17/h1-5,8,13-14,18,28H,6-7H2,(H,24,26)(H,25,27)/t13-,14+,18+,20+. The van der Waals surface area contributed by atoms with Gasteiger partial charge < -0.3 is 10.4 Å². The maximum atomic E-state index is 13.5. The average Bonchev–Trinajstić information content (AvgIpc) is 3.00. The molecule has 144 valence electrons. The zero-order valence-corrected chi connectivity index (χ0v) is 16.1. The van der Waals surface area contributed by atoms with Crippen molar-refractivity contribution in [1.29, 1.82) is 0 Å². The molecule has 1 heterocycles. The third kappa shape index (κ3) is 2.87. The lowest BCUT2D eigenvalue weighted by Gasteiger charge is -2.27. The fourth-order valence-electron chi connectivity index (χ4n) is 4.62. The third-order valence-corrected chi connectivity index (χ3v) is 6.36. The number of benzene rings is 2. The van der Waals surface area contributed by atoms with Crippen LogP contribution in [0.5, 0.6) is 0 Å². The fourth-order valence-corrected chi connectivity index (χ4v) is 5.06. The first-order valence-corrected chi connectivity index (χ1v) is 9.72. The Morgan fingerprint density at radius 2 is 1.89 bits per heavy atom. The second-order valence-electron chi connectivity index (χ2n) is 7.71. The van der Waals surface area contributed by atoms with Gasteiger partial charge in [-0.3, -0.25) is 9.89 Å². The molecule has 28 heavy (non-hydrogen) atoms. The number of amides is 1. The van der Waals surface area contributed by atoms with Crippen molar-refractivity contribution in [2.45, 2.75) is 24.5 Å². The number of aromatic amines is 1. The number of fused-ring (bicyclic) bond motifs is 2. The predicted molar refractivity (Wildman–Crippen MR) is 104 cm³/mol. The summed E-state index contributed by atoms with van der Waals surface area (Å²) in [5, 5.41) is 22.7. The van der Waals surface area contributed by atoms with Gasteiger partial charge in [0.15, 0.2) is 0 Å². The lowest BCUT2D eigenvalue weighted by molar-refractivity contribution is 0.0293. The summed E-state index contributed by atoms with van der Waals surface area (Å²) in [6.07, 6.45) is 2.73. The molecule has 0 unspecified atom stereocenters. The Balaban J connectivity index is 1.32. The van der Waals surface area contributed by atoms with E-state index in [1.165, 1.54) is 6.07 Å². The SMILES string of the molecule is O=C(N[C@H]1[C@@H]2C[C@@](O)(c3cc(Cl)cc4[nH]ncc34)C[C@@H]21)c1cc(F)cc(Cl)c1. The van der Waals surface area contributed by atoms with Crippen LogP contribution in [0.3, 0.4) is 0 Å². The number of rotatable bonds is 3. The molecule has 8 heteroatoms. The van der Waals surface area contributed by atoms with Crippen LogP contribution in [0.15, 0.2) is 36.5 Å². The maximum Gasteiger partial charge on any atom is 0.251 e. The Hall–Kier alpha value is -2.15. The molecule has 0 aliphatic heterocycles. The normalized spacial score (nSPS) is 28.4. The van der Waals surface area contributed by atoms with Gasteiger partial charge in [-0.2, -0.15) is 5.10 Å². The van der Waals surface area contributed by atoms with Gasteiger partial charge in [0.2, 0.25) is 0 Å². The lowest BCUT2D eigenvalue weighted by atomic mass is 9.86. The van der Waals surface area contributed by atoms with Crippen LogP contribution in [-0.2, 0) is 5.60 Å². The van der Waals surface area contributed by atoms with Gasteiger partial charge in [0.05, 0.1) is 17.3 Å². The van der Waals surface area contributed by atoms with Crippen LogP contribution >= 0.6 is 23.2 Å². The molecule has 0 saturated heterocycles. The molecule has 5 nitrogen and oxygen atoms in total. The van der Waals surface area contributed by atoms with Crippen molar-refractivity contribution in [3.8, 4) is 0 Å². The highest BCUT2D eigenvalue weighted by Gasteiger charge is 2.62. The third-order valence-electron chi connectivity index (χ3n) is 5.93. The number of carbonyl (C=O) groups excluding carboxylic acids is 1. The minimum Gasteiger partial charge on any atom is -0.385 e. The van der Waals surface area contributed by atoms with Crippen molar-refractivity contribution in [3.05, 3.63) is 63.5 Å². The number of aliphatic hydroxyl groups is 1. The number of hydrogen-bond acceptors (Lipinski definition) is 3. The van der Waals surface area contributed by atoms with Crippen LogP contribution in [0.1, 0.15) is 28.8 Å². The summed E-state index contributed by atoms with van der Waals surface area (Å²) in [5.74, 6) is -0.574. The largest absolute Gasteiger partial charge is 0.385 e. The first-order chi connectivity index (χ1) is 13.3. The molecule has 5 rings (SSSR count). The van der Waals surface area contributed by atoms with E-state index in [2.05, 4.69) is 15.5 Å². The maximum absolute atomic E-state index is 13.5. The summed E-state index contributed by atoms with van der Waals surface area (Å²) in [6, 6.07) is 7.29. The van der Waals surface area contributed by atoms with Crippen LogP contribution in [0.4, 0.5) is 4.39 Å². The van der Waals surface area contributed by atoms with Crippen molar-refractivity contribution < 1.29 is 14.3 Å². The average molecular weight is 420 g/mol. The molecular weight excluding hydrogens is 404 g/mol. The van der Waals surface area contributed by atoms with E-state index < -0.39 is 11.4 Å². The summed E-state index contributed by atoms with van der Waals surface area (Å²) in [6.45, 7) is 0. The Kier molecular flexibility index (Phi) is 3.95. The zero-order chi connectivity index (χ0) is 19.6. The van der Waals surface area contributed by atoms with Crippen LogP contribution < -0.4 is 5.32 Å². The summed E-state index contributed by atoms with van der Waals surface area (Å²) in [7, 11) is 0. The van der Waals surface area contributed by atoms with Crippen LogP contribution in [0.2, 0.25) is 10.0 Å². The van der Waals surface area contributed by atoms with Gasteiger partial charge in [0, 0.05) is 27.0 Å². The van der Waals surface area contributed by atoms with Crippen LogP contribution in [0, 0.1) is 17.7 Å². The predicted octanol–water partition coefficient (Wildman–Crippen LogP) is 4.03. The number of H-pyrrole nitrogens is 1.